The van der Waals surface area contributed by atoms with Crippen LogP contribution in [0.5, 0.6) is 0 Å². The Morgan fingerprint density at radius 1 is 1.18 bits per heavy atom. The van der Waals surface area contributed by atoms with Crippen LogP contribution in [-0.4, -0.2) is 24.4 Å². The zero-order valence-electron chi connectivity index (χ0n) is 15.7. The lowest BCUT2D eigenvalue weighted by atomic mass is 10.2. The minimum Gasteiger partial charge on any atom is -0.309 e. The molecule has 2 aromatic heterocycles. The van der Waals surface area contributed by atoms with Gasteiger partial charge in [-0.05, 0) is 24.5 Å². The molecule has 0 saturated carbocycles. The predicted octanol–water partition coefficient (Wildman–Crippen LogP) is 2.92. The van der Waals surface area contributed by atoms with E-state index < -0.39 is 5.69 Å². The second-order valence-corrected chi connectivity index (χ2v) is 7.88. The Morgan fingerprint density at radius 2 is 1.93 bits per heavy atom. The molecule has 3 rings (SSSR count). The van der Waals surface area contributed by atoms with Crippen molar-refractivity contribution in [2.45, 2.75) is 31.0 Å². The van der Waals surface area contributed by atoms with Crippen LogP contribution < -0.4 is 11.2 Å². The zero-order valence-corrected chi connectivity index (χ0v) is 17.3. The molecule has 9 heteroatoms. The molecule has 0 aliphatic rings. The van der Waals surface area contributed by atoms with Gasteiger partial charge in [-0.1, -0.05) is 41.6 Å². The number of nitrogens with zero attached hydrogens (tertiary/aromatic N) is 5. The van der Waals surface area contributed by atoms with Crippen molar-refractivity contribution in [3.05, 3.63) is 55.7 Å². The van der Waals surface area contributed by atoms with Crippen molar-refractivity contribution >= 4 is 34.5 Å². The molecule has 0 N–H and O–H groups in total. The summed E-state index contributed by atoms with van der Waals surface area (Å²) >= 11 is 7.84. The maximum absolute atomic E-state index is 12.8. The van der Waals surface area contributed by atoms with E-state index in [1.165, 1.54) is 23.4 Å². The Kier molecular flexibility index (Phi) is 6.27. The average molecular weight is 418 g/mol. The first-order chi connectivity index (χ1) is 13.5. The van der Waals surface area contributed by atoms with Crippen LogP contribution in [0.4, 0.5) is 0 Å². The standard InChI is InChI=1S/C19H20ClN5O2S/c1-23-16-15(17(26)24(2)19(23)27)25(12-13-8-4-5-9-14(13)20)18(22-16)28-11-7-3-6-10-21/h4-5,8-9H,3,6-7,11-12H2,1-2H3. The molecule has 28 heavy (non-hydrogen) atoms. The number of aromatic nitrogens is 4. The monoisotopic (exact) mass is 417 g/mol. The van der Waals surface area contributed by atoms with Crippen molar-refractivity contribution in [1.29, 1.82) is 5.26 Å². The Hall–Kier alpha value is -2.50. The lowest BCUT2D eigenvalue weighted by molar-refractivity contribution is 0.696. The number of unbranched alkanes of at least 4 members (excludes halogenated alkanes) is 2. The fourth-order valence-electron chi connectivity index (χ4n) is 2.95. The zero-order chi connectivity index (χ0) is 20.3. The number of nitriles is 1. The first-order valence-electron chi connectivity index (χ1n) is 8.85. The van der Waals surface area contributed by atoms with E-state index in [0.717, 1.165) is 28.7 Å². The number of thioether (sulfide) groups is 1. The van der Waals surface area contributed by atoms with Crippen LogP contribution in [-0.2, 0) is 20.6 Å². The number of hydrogen-bond acceptors (Lipinski definition) is 5. The molecule has 0 spiro atoms. The van der Waals surface area contributed by atoms with Crippen molar-refractivity contribution in [3.63, 3.8) is 0 Å². The van der Waals surface area contributed by atoms with E-state index in [0.29, 0.717) is 34.3 Å². The number of fused-ring (bicyclic) bond motifs is 1. The van der Waals surface area contributed by atoms with E-state index in [-0.39, 0.29) is 5.56 Å². The van der Waals surface area contributed by atoms with Crippen molar-refractivity contribution < 1.29 is 0 Å². The summed E-state index contributed by atoms with van der Waals surface area (Å²) in [5.74, 6) is 0.766. The summed E-state index contributed by atoms with van der Waals surface area (Å²) in [6, 6.07) is 9.59. The highest BCUT2D eigenvalue weighted by molar-refractivity contribution is 7.99. The van der Waals surface area contributed by atoms with E-state index in [1.54, 1.807) is 13.1 Å². The van der Waals surface area contributed by atoms with Crippen LogP contribution in [0.3, 0.4) is 0 Å². The molecule has 0 unspecified atom stereocenters. The molecule has 7 nitrogen and oxygen atoms in total. The van der Waals surface area contributed by atoms with Gasteiger partial charge in [0, 0.05) is 31.3 Å². The molecule has 2 heterocycles. The molecular weight excluding hydrogens is 398 g/mol. The van der Waals surface area contributed by atoms with Crippen LogP contribution in [0.25, 0.3) is 11.2 Å². The Balaban J connectivity index is 2.10. The largest absolute Gasteiger partial charge is 0.332 e. The molecule has 0 aliphatic heterocycles. The SMILES string of the molecule is Cn1c(=O)c2c(nc(SCCCCC#N)n2Cc2ccccc2Cl)n(C)c1=O. The van der Waals surface area contributed by atoms with Gasteiger partial charge in [-0.3, -0.25) is 13.9 Å². The minimum atomic E-state index is -0.412. The summed E-state index contributed by atoms with van der Waals surface area (Å²) in [5.41, 5.74) is 0.814. The summed E-state index contributed by atoms with van der Waals surface area (Å²) in [4.78, 5) is 29.7. The van der Waals surface area contributed by atoms with Crippen molar-refractivity contribution in [2.24, 2.45) is 14.1 Å². The Morgan fingerprint density at radius 3 is 2.64 bits per heavy atom. The van der Waals surface area contributed by atoms with Gasteiger partial charge in [-0.2, -0.15) is 5.26 Å². The molecule has 0 saturated heterocycles. The minimum absolute atomic E-state index is 0.361. The number of benzene rings is 1. The van der Waals surface area contributed by atoms with Crippen molar-refractivity contribution in [2.75, 3.05) is 5.75 Å². The molecule has 0 atom stereocenters. The van der Waals surface area contributed by atoms with Crippen molar-refractivity contribution in [3.8, 4) is 6.07 Å². The summed E-state index contributed by atoms with van der Waals surface area (Å²) < 4.78 is 4.31. The van der Waals surface area contributed by atoms with Crippen LogP contribution in [0.15, 0.2) is 39.0 Å². The Labute approximate surface area is 171 Å². The first kappa shape index (κ1) is 20.2. The number of halogens is 1. The van der Waals surface area contributed by atoms with E-state index >= 15 is 0 Å². The summed E-state index contributed by atoms with van der Waals surface area (Å²) in [7, 11) is 3.07. The molecule has 0 fully saturated rings. The van der Waals surface area contributed by atoms with Gasteiger partial charge < -0.3 is 4.57 Å². The van der Waals surface area contributed by atoms with Crippen LogP contribution in [0.2, 0.25) is 5.02 Å². The number of aryl methyl sites for hydroxylation is 1. The third kappa shape index (κ3) is 3.86. The number of imidazole rings is 1. The third-order valence-electron chi connectivity index (χ3n) is 4.51. The molecule has 0 bridgehead atoms. The first-order valence-corrected chi connectivity index (χ1v) is 10.2. The highest BCUT2D eigenvalue weighted by Gasteiger charge is 2.20. The van der Waals surface area contributed by atoms with E-state index in [4.69, 9.17) is 16.9 Å². The van der Waals surface area contributed by atoms with Gasteiger partial charge in [0.15, 0.2) is 16.3 Å². The molecule has 1 aromatic carbocycles. The van der Waals surface area contributed by atoms with Gasteiger partial charge in [0.1, 0.15) is 0 Å². The lowest BCUT2D eigenvalue weighted by Gasteiger charge is -2.10. The topological polar surface area (TPSA) is 85.6 Å². The number of hydrogen-bond donors (Lipinski definition) is 0. The van der Waals surface area contributed by atoms with Crippen molar-refractivity contribution in [1.82, 2.24) is 18.7 Å². The fourth-order valence-corrected chi connectivity index (χ4v) is 4.14. The molecule has 3 aromatic rings. The summed E-state index contributed by atoms with van der Waals surface area (Å²) in [5, 5.41) is 9.93. The van der Waals surface area contributed by atoms with E-state index in [1.807, 2.05) is 22.8 Å². The number of rotatable bonds is 7. The molecular formula is C19H20ClN5O2S. The molecule has 0 amide bonds. The van der Waals surface area contributed by atoms with E-state index in [9.17, 15) is 9.59 Å². The third-order valence-corrected chi connectivity index (χ3v) is 5.94. The van der Waals surface area contributed by atoms with Gasteiger partial charge in [-0.25, -0.2) is 9.78 Å². The summed E-state index contributed by atoms with van der Waals surface area (Å²) in [6.07, 6.45) is 2.20. The summed E-state index contributed by atoms with van der Waals surface area (Å²) in [6.45, 7) is 0.379. The van der Waals surface area contributed by atoms with E-state index in [2.05, 4.69) is 11.1 Å². The lowest BCUT2D eigenvalue weighted by Crippen LogP contribution is -2.37. The van der Waals surface area contributed by atoms with Gasteiger partial charge in [0.2, 0.25) is 0 Å². The maximum atomic E-state index is 12.8. The second-order valence-electron chi connectivity index (χ2n) is 6.41. The highest BCUT2D eigenvalue weighted by atomic mass is 35.5. The molecule has 0 aliphatic carbocycles. The van der Waals surface area contributed by atoms with Crippen LogP contribution >= 0.6 is 23.4 Å². The van der Waals surface area contributed by atoms with Crippen LogP contribution in [0.1, 0.15) is 24.8 Å². The maximum Gasteiger partial charge on any atom is 0.332 e. The van der Waals surface area contributed by atoms with Gasteiger partial charge >= 0.3 is 5.69 Å². The van der Waals surface area contributed by atoms with Gasteiger partial charge in [0.05, 0.1) is 12.6 Å². The highest BCUT2D eigenvalue weighted by Crippen LogP contribution is 2.26. The predicted molar refractivity (Wildman–Crippen MR) is 111 cm³/mol. The average Bonchev–Trinajstić information content (AvgIpc) is 3.05. The van der Waals surface area contributed by atoms with Gasteiger partial charge in [-0.15, -0.1) is 0 Å². The fraction of sp³-hybridized carbons (Fsp3) is 0.368. The Bertz CT molecular complexity index is 1170. The smallest absolute Gasteiger partial charge is 0.309 e. The molecule has 146 valence electrons. The molecule has 0 radical (unpaired) electrons. The van der Waals surface area contributed by atoms with Gasteiger partial charge in [0.25, 0.3) is 5.56 Å². The normalized spacial score (nSPS) is 11.1. The quantitative estimate of drug-likeness (QED) is 0.435. The van der Waals surface area contributed by atoms with Crippen LogP contribution in [0, 0.1) is 11.3 Å². The second kappa shape index (κ2) is 8.67.